The van der Waals surface area contributed by atoms with Gasteiger partial charge in [0.25, 0.3) is 0 Å². The molecule has 0 saturated carbocycles. The maximum absolute atomic E-state index is 12.0. The average Bonchev–Trinajstić information content (AvgIpc) is 2.70. The van der Waals surface area contributed by atoms with Crippen molar-refractivity contribution in [2.75, 3.05) is 27.2 Å². The number of likely N-dealkylation sites (N-methyl/N-ethyl adjacent to an activating group) is 1. The number of nitrogens with zero attached hydrogens (tertiary/aromatic N) is 2. The number of carbonyl (C=O) groups is 1. The Balaban J connectivity index is 0.00000420. The first-order chi connectivity index (χ1) is 13.4. The van der Waals surface area contributed by atoms with Gasteiger partial charge < -0.3 is 15.5 Å². The second-order valence-corrected chi connectivity index (χ2v) is 7.42. The van der Waals surface area contributed by atoms with Crippen molar-refractivity contribution < 1.29 is 4.79 Å². The number of hydrogen-bond donors (Lipinski definition) is 2. The van der Waals surface area contributed by atoms with E-state index in [0.29, 0.717) is 11.9 Å². The van der Waals surface area contributed by atoms with Gasteiger partial charge in [-0.2, -0.15) is 0 Å². The van der Waals surface area contributed by atoms with Crippen LogP contribution in [0.4, 0.5) is 0 Å². The largest absolute Gasteiger partial charge is 0.356 e. The minimum absolute atomic E-state index is 0. The molecule has 2 rings (SSSR count). The highest BCUT2D eigenvalue weighted by molar-refractivity contribution is 14.0. The number of guanidine groups is 1. The predicted octanol–water partition coefficient (Wildman–Crippen LogP) is 4.10. The molecule has 0 aliphatic rings. The summed E-state index contributed by atoms with van der Waals surface area (Å²) in [5, 5.41) is 6.81. The Morgan fingerprint density at radius 1 is 1.00 bits per heavy atom. The summed E-state index contributed by atoms with van der Waals surface area (Å²) in [6.45, 7) is 7.20. The molecule has 2 N–H and O–H groups in total. The SMILES string of the molecule is Cc1ccc(C(C)CNC(=NCC(=O)N(C)C)NC(C)c2ccccc2)cc1.I. The van der Waals surface area contributed by atoms with Crippen molar-refractivity contribution in [2.45, 2.75) is 32.7 Å². The van der Waals surface area contributed by atoms with Crippen molar-refractivity contribution in [3.63, 3.8) is 0 Å². The van der Waals surface area contributed by atoms with Crippen molar-refractivity contribution in [3.05, 3.63) is 71.3 Å². The molecule has 2 atom stereocenters. The van der Waals surface area contributed by atoms with E-state index in [2.05, 4.69) is 72.8 Å². The van der Waals surface area contributed by atoms with Gasteiger partial charge in [-0.1, -0.05) is 67.1 Å². The van der Waals surface area contributed by atoms with Crippen LogP contribution in [0.2, 0.25) is 0 Å². The normalized spacial score (nSPS) is 13.1. The molecular formula is C23H33IN4O. The maximum atomic E-state index is 12.0. The highest BCUT2D eigenvalue weighted by Crippen LogP contribution is 2.15. The molecule has 6 heteroatoms. The summed E-state index contributed by atoms with van der Waals surface area (Å²) in [5.74, 6) is 0.940. The molecule has 2 unspecified atom stereocenters. The molecule has 1 amide bonds. The van der Waals surface area contributed by atoms with Crippen LogP contribution >= 0.6 is 24.0 Å². The van der Waals surface area contributed by atoms with Gasteiger partial charge in [-0.05, 0) is 30.9 Å². The standard InChI is InChI=1S/C23H32N4O.HI/c1-17-11-13-20(14-12-17)18(2)15-24-23(25-16-22(28)27(4)5)26-19(3)21-9-7-6-8-10-21;/h6-14,18-19H,15-16H2,1-5H3,(H2,24,25,26);1H. The number of hydrogen-bond acceptors (Lipinski definition) is 2. The molecule has 0 aromatic heterocycles. The first kappa shape index (κ1) is 24.9. The highest BCUT2D eigenvalue weighted by atomic mass is 127. The van der Waals surface area contributed by atoms with E-state index < -0.39 is 0 Å². The zero-order valence-electron chi connectivity index (χ0n) is 18.0. The van der Waals surface area contributed by atoms with Crippen LogP contribution in [0.25, 0.3) is 0 Å². The second-order valence-electron chi connectivity index (χ2n) is 7.42. The van der Waals surface area contributed by atoms with Crippen LogP contribution in [0.3, 0.4) is 0 Å². The maximum Gasteiger partial charge on any atom is 0.243 e. The summed E-state index contributed by atoms with van der Waals surface area (Å²) >= 11 is 0. The fourth-order valence-corrected chi connectivity index (χ4v) is 2.73. The van der Waals surface area contributed by atoms with Crippen LogP contribution in [-0.2, 0) is 4.79 Å². The van der Waals surface area contributed by atoms with Crippen LogP contribution in [-0.4, -0.2) is 44.0 Å². The molecule has 0 fully saturated rings. The van der Waals surface area contributed by atoms with Crippen LogP contribution in [0, 0.1) is 6.92 Å². The molecule has 0 aliphatic heterocycles. The van der Waals surface area contributed by atoms with E-state index in [1.54, 1.807) is 19.0 Å². The Morgan fingerprint density at radius 3 is 2.21 bits per heavy atom. The van der Waals surface area contributed by atoms with Gasteiger partial charge in [0.1, 0.15) is 6.54 Å². The first-order valence-electron chi connectivity index (χ1n) is 9.73. The Hall–Kier alpha value is -2.09. The minimum atomic E-state index is -0.0277. The molecule has 5 nitrogen and oxygen atoms in total. The lowest BCUT2D eigenvalue weighted by Gasteiger charge is -2.21. The summed E-state index contributed by atoms with van der Waals surface area (Å²) < 4.78 is 0. The second kappa shape index (κ2) is 12.5. The smallest absolute Gasteiger partial charge is 0.243 e. The van der Waals surface area contributed by atoms with Crippen molar-refractivity contribution >= 4 is 35.8 Å². The molecule has 29 heavy (non-hydrogen) atoms. The van der Waals surface area contributed by atoms with E-state index in [1.807, 2.05) is 18.2 Å². The number of carbonyl (C=O) groups excluding carboxylic acids is 1. The van der Waals surface area contributed by atoms with Gasteiger partial charge in [0.15, 0.2) is 5.96 Å². The monoisotopic (exact) mass is 508 g/mol. The molecule has 0 heterocycles. The van der Waals surface area contributed by atoms with E-state index in [0.717, 1.165) is 6.54 Å². The van der Waals surface area contributed by atoms with Crippen molar-refractivity contribution in [3.8, 4) is 0 Å². The minimum Gasteiger partial charge on any atom is -0.356 e. The van der Waals surface area contributed by atoms with Gasteiger partial charge in [-0.15, -0.1) is 24.0 Å². The van der Waals surface area contributed by atoms with E-state index in [-0.39, 0.29) is 42.5 Å². The molecule has 2 aromatic rings. The zero-order valence-corrected chi connectivity index (χ0v) is 20.3. The van der Waals surface area contributed by atoms with Crippen molar-refractivity contribution in [1.82, 2.24) is 15.5 Å². The molecule has 0 radical (unpaired) electrons. The third-order valence-corrected chi connectivity index (χ3v) is 4.75. The van der Waals surface area contributed by atoms with Crippen LogP contribution < -0.4 is 10.6 Å². The van der Waals surface area contributed by atoms with Crippen molar-refractivity contribution in [2.24, 2.45) is 4.99 Å². The zero-order chi connectivity index (χ0) is 20.5. The molecule has 0 aliphatic carbocycles. The summed E-state index contributed by atoms with van der Waals surface area (Å²) in [6, 6.07) is 18.9. The van der Waals surface area contributed by atoms with Gasteiger partial charge in [-0.25, -0.2) is 4.99 Å². The molecule has 0 spiro atoms. The van der Waals surface area contributed by atoms with Crippen LogP contribution in [0.5, 0.6) is 0 Å². The summed E-state index contributed by atoms with van der Waals surface area (Å²) in [4.78, 5) is 18.0. The van der Waals surface area contributed by atoms with Gasteiger partial charge >= 0.3 is 0 Å². The first-order valence-corrected chi connectivity index (χ1v) is 9.73. The summed E-state index contributed by atoms with van der Waals surface area (Å²) in [7, 11) is 3.48. The quantitative estimate of drug-likeness (QED) is 0.337. The van der Waals surface area contributed by atoms with Gasteiger partial charge in [0, 0.05) is 20.6 Å². The Kier molecular flexibility index (Phi) is 10.7. The van der Waals surface area contributed by atoms with Crippen molar-refractivity contribution in [1.29, 1.82) is 0 Å². The third kappa shape index (κ3) is 8.43. The van der Waals surface area contributed by atoms with E-state index >= 15 is 0 Å². The fraction of sp³-hybridized carbons (Fsp3) is 0.391. The highest BCUT2D eigenvalue weighted by Gasteiger charge is 2.11. The number of amides is 1. The lowest BCUT2D eigenvalue weighted by Crippen LogP contribution is -2.41. The van der Waals surface area contributed by atoms with Gasteiger partial charge in [0.05, 0.1) is 6.04 Å². The fourth-order valence-electron chi connectivity index (χ4n) is 2.73. The van der Waals surface area contributed by atoms with Gasteiger partial charge in [-0.3, -0.25) is 4.79 Å². The number of nitrogens with one attached hydrogen (secondary N) is 2. The molecule has 158 valence electrons. The molecule has 0 saturated heterocycles. The van der Waals surface area contributed by atoms with E-state index in [9.17, 15) is 4.79 Å². The molecular weight excluding hydrogens is 475 g/mol. The van der Waals surface area contributed by atoms with E-state index in [4.69, 9.17) is 0 Å². The number of benzene rings is 2. The lowest BCUT2D eigenvalue weighted by atomic mass is 10.0. The van der Waals surface area contributed by atoms with Gasteiger partial charge in [0.2, 0.25) is 5.91 Å². The van der Waals surface area contributed by atoms with Crippen LogP contribution in [0.1, 0.15) is 42.5 Å². The predicted molar refractivity (Wildman–Crippen MR) is 132 cm³/mol. The third-order valence-electron chi connectivity index (χ3n) is 4.75. The summed E-state index contributed by atoms with van der Waals surface area (Å²) in [6.07, 6.45) is 0. The van der Waals surface area contributed by atoms with E-state index in [1.165, 1.54) is 16.7 Å². The Labute approximate surface area is 192 Å². The Morgan fingerprint density at radius 2 is 1.62 bits per heavy atom. The number of aryl methyl sites for hydroxylation is 1. The molecule has 0 bridgehead atoms. The number of aliphatic imine (C=N–C) groups is 1. The average molecular weight is 508 g/mol. The van der Waals surface area contributed by atoms with Crippen LogP contribution in [0.15, 0.2) is 59.6 Å². The summed E-state index contributed by atoms with van der Waals surface area (Å²) in [5.41, 5.74) is 3.70. The Bertz CT molecular complexity index is 775. The lowest BCUT2D eigenvalue weighted by molar-refractivity contribution is -0.127. The molecule has 2 aromatic carbocycles. The number of rotatable bonds is 7. The topological polar surface area (TPSA) is 56.7 Å². The number of halogens is 1.